The van der Waals surface area contributed by atoms with E-state index in [-0.39, 0.29) is 11.9 Å². The van der Waals surface area contributed by atoms with Crippen molar-refractivity contribution in [2.45, 2.75) is 13.0 Å². The fourth-order valence-electron chi connectivity index (χ4n) is 2.70. The summed E-state index contributed by atoms with van der Waals surface area (Å²) in [7, 11) is 1.78. The number of amides is 1. The van der Waals surface area contributed by atoms with E-state index >= 15 is 0 Å². The standard InChI is InChI=1S/C15H18ClN5O/c1-10-14(18-19-20(10)2)15(22)21-7-6-17-9-13(21)11-4-3-5-12(16)8-11/h3-5,8,13,17H,6-7,9H2,1-2H3. The van der Waals surface area contributed by atoms with Crippen LogP contribution in [0.1, 0.15) is 27.8 Å². The topological polar surface area (TPSA) is 63.1 Å². The monoisotopic (exact) mass is 319 g/mol. The molecule has 1 aliphatic heterocycles. The van der Waals surface area contributed by atoms with Crippen molar-refractivity contribution in [3.8, 4) is 0 Å². The van der Waals surface area contributed by atoms with E-state index in [1.807, 2.05) is 36.1 Å². The van der Waals surface area contributed by atoms with Gasteiger partial charge in [-0.1, -0.05) is 28.9 Å². The molecule has 1 aromatic carbocycles. The predicted molar refractivity (Wildman–Crippen MR) is 83.8 cm³/mol. The van der Waals surface area contributed by atoms with Crippen LogP contribution in [0, 0.1) is 6.92 Å². The molecule has 0 bridgehead atoms. The van der Waals surface area contributed by atoms with Gasteiger partial charge in [0.15, 0.2) is 5.69 Å². The Labute approximate surface area is 134 Å². The van der Waals surface area contributed by atoms with Crippen LogP contribution in [0.5, 0.6) is 0 Å². The van der Waals surface area contributed by atoms with Gasteiger partial charge in [0.25, 0.3) is 5.91 Å². The van der Waals surface area contributed by atoms with Crippen molar-refractivity contribution >= 4 is 17.5 Å². The minimum Gasteiger partial charge on any atom is -0.328 e. The van der Waals surface area contributed by atoms with E-state index in [1.54, 1.807) is 11.7 Å². The molecule has 6 nitrogen and oxygen atoms in total. The molecule has 0 radical (unpaired) electrons. The van der Waals surface area contributed by atoms with Gasteiger partial charge in [-0.05, 0) is 24.6 Å². The zero-order valence-electron chi connectivity index (χ0n) is 12.6. The summed E-state index contributed by atoms with van der Waals surface area (Å²) in [5, 5.41) is 11.9. The summed E-state index contributed by atoms with van der Waals surface area (Å²) >= 11 is 6.09. The van der Waals surface area contributed by atoms with Gasteiger partial charge >= 0.3 is 0 Å². The van der Waals surface area contributed by atoms with Crippen molar-refractivity contribution in [2.75, 3.05) is 19.6 Å². The summed E-state index contributed by atoms with van der Waals surface area (Å²) in [4.78, 5) is 14.7. The van der Waals surface area contributed by atoms with Crippen LogP contribution in [0.2, 0.25) is 5.02 Å². The molecule has 1 fully saturated rings. The molecule has 1 saturated heterocycles. The summed E-state index contributed by atoms with van der Waals surface area (Å²) < 4.78 is 1.61. The van der Waals surface area contributed by atoms with Crippen LogP contribution in [0.15, 0.2) is 24.3 Å². The highest BCUT2D eigenvalue weighted by Crippen LogP contribution is 2.26. The first kappa shape index (κ1) is 15.0. The van der Waals surface area contributed by atoms with Crippen LogP contribution in [0.3, 0.4) is 0 Å². The molecule has 1 N–H and O–H groups in total. The smallest absolute Gasteiger partial charge is 0.276 e. The lowest BCUT2D eigenvalue weighted by Crippen LogP contribution is -2.49. The molecule has 1 atom stereocenters. The number of aryl methyl sites for hydroxylation is 1. The number of nitrogens with zero attached hydrogens (tertiary/aromatic N) is 4. The highest BCUT2D eigenvalue weighted by Gasteiger charge is 2.31. The van der Waals surface area contributed by atoms with Crippen LogP contribution < -0.4 is 5.32 Å². The molecular formula is C15H18ClN5O. The van der Waals surface area contributed by atoms with Crippen LogP contribution in [-0.4, -0.2) is 45.4 Å². The summed E-state index contributed by atoms with van der Waals surface area (Å²) in [6.07, 6.45) is 0. The maximum atomic E-state index is 12.9. The van der Waals surface area contributed by atoms with Crippen LogP contribution in [-0.2, 0) is 7.05 Å². The van der Waals surface area contributed by atoms with Crippen molar-refractivity contribution in [1.82, 2.24) is 25.2 Å². The Morgan fingerprint density at radius 1 is 1.45 bits per heavy atom. The Morgan fingerprint density at radius 2 is 2.27 bits per heavy atom. The van der Waals surface area contributed by atoms with E-state index in [1.165, 1.54) is 0 Å². The van der Waals surface area contributed by atoms with E-state index in [0.29, 0.717) is 23.8 Å². The van der Waals surface area contributed by atoms with E-state index in [4.69, 9.17) is 11.6 Å². The van der Waals surface area contributed by atoms with E-state index in [2.05, 4.69) is 15.6 Å². The summed E-state index contributed by atoms with van der Waals surface area (Å²) in [6.45, 7) is 3.95. The molecule has 2 aromatic rings. The number of hydrogen-bond acceptors (Lipinski definition) is 4. The van der Waals surface area contributed by atoms with Gasteiger partial charge < -0.3 is 10.2 Å². The first-order valence-electron chi connectivity index (χ1n) is 7.21. The number of carbonyl (C=O) groups excluding carboxylic acids is 1. The second-order valence-corrected chi connectivity index (χ2v) is 5.86. The number of piperazine rings is 1. The van der Waals surface area contributed by atoms with E-state index < -0.39 is 0 Å². The Hall–Kier alpha value is -1.92. The summed E-state index contributed by atoms with van der Waals surface area (Å²) in [5.41, 5.74) is 2.21. The lowest BCUT2D eigenvalue weighted by atomic mass is 10.0. The minimum absolute atomic E-state index is 0.0543. The van der Waals surface area contributed by atoms with Gasteiger partial charge in [-0.25, -0.2) is 0 Å². The first-order chi connectivity index (χ1) is 10.6. The SMILES string of the molecule is Cc1c(C(=O)N2CCNCC2c2cccc(Cl)c2)nnn1C. The number of rotatable bonds is 2. The summed E-state index contributed by atoms with van der Waals surface area (Å²) in [6, 6.07) is 7.58. The Bertz CT molecular complexity index is 699. The molecule has 22 heavy (non-hydrogen) atoms. The van der Waals surface area contributed by atoms with E-state index in [9.17, 15) is 4.79 Å². The van der Waals surface area contributed by atoms with Crippen molar-refractivity contribution < 1.29 is 4.79 Å². The molecule has 7 heteroatoms. The molecule has 1 aromatic heterocycles. The van der Waals surface area contributed by atoms with Gasteiger partial charge in [-0.15, -0.1) is 5.10 Å². The highest BCUT2D eigenvalue weighted by atomic mass is 35.5. The average Bonchev–Trinajstić information content (AvgIpc) is 2.86. The molecule has 0 saturated carbocycles. The largest absolute Gasteiger partial charge is 0.328 e. The van der Waals surface area contributed by atoms with Crippen molar-refractivity contribution in [2.24, 2.45) is 7.05 Å². The van der Waals surface area contributed by atoms with Gasteiger partial charge in [-0.2, -0.15) is 0 Å². The summed E-state index contributed by atoms with van der Waals surface area (Å²) in [5.74, 6) is -0.0860. The van der Waals surface area contributed by atoms with Gasteiger partial charge in [0.2, 0.25) is 0 Å². The number of aromatic nitrogens is 3. The number of benzene rings is 1. The number of halogens is 1. The minimum atomic E-state index is -0.0860. The maximum Gasteiger partial charge on any atom is 0.276 e. The third-order valence-electron chi connectivity index (χ3n) is 4.05. The second kappa shape index (κ2) is 6.06. The Balaban J connectivity index is 1.93. The van der Waals surface area contributed by atoms with Crippen molar-refractivity contribution in [3.05, 3.63) is 46.2 Å². The van der Waals surface area contributed by atoms with Crippen LogP contribution >= 0.6 is 11.6 Å². The van der Waals surface area contributed by atoms with Gasteiger partial charge in [0, 0.05) is 31.7 Å². The zero-order valence-corrected chi connectivity index (χ0v) is 13.3. The fraction of sp³-hybridized carbons (Fsp3) is 0.400. The van der Waals surface area contributed by atoms with Crippen LogP contribution in [0.4, 0.5) is 0 Å². The maximum absolute atomic E-state index is 12.9. The molecule has 3 rings (SSSR count). The first-order valence-corrected chi connectivity index (χ1v) is 7.59. The molecule has 116 valence electrons. The number of carbonyl (C=O) groups is 1. The third kappa shape index (κ3) is 2.71. The fourth-order valence-corrected chi connectivity index (χ4v) is 2.90. The molecular weight excluding hydrogens is 302 g/mol. The number of hydrogen-bond donors (Lipinski definition) is 1. The Kier molecular flexibility index (Phi) is 4.13. The normalized spacial score (nSPS) is 18.5. The quantitative estimate of drug-likeness (QED) is 0.912. The molecule has 0 spiro atoms. The van der Waals surface area contributed by atoms with Crippen LogP contribution in [0.25, 0.3) is 0 Å². The van der Waals surface area contributed by atoms with Gasteiger partial charge in [0.05, 0.1) is 11.7 Å². The molecule has 1 aliphatic rings. The molecule has 0 aliphatic carbocycles. The average molecular weight is 320 g/mol. The number of nitrogens with one attached hydrogen (secondary N) is 1. The lowest BCUT2D eigenvalue weighted by Gasteiger charge is -2.36. The molecule has 1 amide bonds. The molecule has 2 heterocycles. The van der Waals surface area contributed by atoms with Crippen molar-refractivity contribution in [3.63, 3.8) is 0 Å². The third-order valence-corrected chi connectivity index (χ3v) is 4.28. The second-order valence-electron chi connectivity index (χ2n) is 5.42. The Morgan fingerprint density at radius 3 is 2.95 bits per heavy atom. The van der Waals surface area contributed by atoms with Gasteiger partial charge in [0.1, 0.15) is 0 Å². The van der Waals surface area contributed by atoms with Crippen molar-refractivity contribution in [1.29, 1.82) is 0 Å². The predicted octanol–water partition coefficient (Wildman–Crippen LogP) is 1.56. The van der Waals surface area contributed by atoms with Gasteiger partial charge in [-0.3, -0.25) is 9.48 Å². The lowest BCUT2D eigenvalue weighted by molar-refractivity contribution is 0.0627. The van der Waals surface area contributed by atoms with E-state index in [0.717, 1.165) is 17.8 Å². The molecule has 1 unspecified atom stereocenters. The zero-order chi connectivity index (χ0) is 15.7. The highest BCUT2D eigenvalue weighted by molar-refractivity contribution is 6.30.